The Morgan fingerprint density at radius 1 is 1.00 bits per heavy atom. The number of nitrogens with zero attached hydrogens (tertiary/aromatic N) is 4. The number of hydrogen-bond acceptors (Lipinski definition) is 4. The molecule has 9 heteroatoms. The number of carbonyl (C=O) groups is 2. The van der Waals surface area contributed by atoms with Gasteiger partial charge in [0.15, 0.2) is 5.69 Å². The van der Waals surface area contributed by atoms with E-state index < -0.39 is 11.7 Å². The number of alkyl halides is 3. The van der Waals surface area contributed by atoms with Gasteiger partial charge in [-0.15, -0.1) is 0 Å². The maximum atomic E-state index is 13.5. The highest BCUT2D eigenvalue weighted by atomic mass is 19.4. The van der Waals surface area contributed by atoms with Crippen LogP contribution in [-0.2, 0) is 11.0 Å². The van der Waals surface area contributed by atoms with Gasteiger partial charge in [-0.3, -0.25) is 9.59 Å². The molecule has 0 aliphatic carbocycles. The maximum Gasteiger partial charge on any atom is 0.407 e. The number of anilines is 2. The molecule has 3 fully saturated rings. The van der Waals surface area contributed by atoms with Crippen LogP contribution in [0.4, 0.5) is 30.2 Å². The van der Waals surface area contributed by atoms with Crippen LogP contribution in [0.3, 0.4) is 0 Å². The van der Waals surface area contributed by atoms with Gasteiger partial charge in [-0.25, -0.2) is 4.85 Å². The van der Waals surface area contributed by atoms with E-state index in [1.54, 1.807) is 11.0 Å². The van der Waals surface area contributed by atoms with Gasteiger partial charge in [0, 0.05) is 68.5 Å². The van der Waals surface area contributed by atoms with E-state index in [0.29, 0.717) is 43.7 Å². The van der Waals surface area contributed by atoms with Crippen LogP contribution in [0.25, 0.3) is 4.85 Å². The maximum absolute atomic E-state index is 13.5. The van der Waals surface area contributed by atoms with Crippen molar-refractivity contribution in [3.8, 4) is 0 Å². The summed E-state index contributed by atoms with van der Waals surface area (Å²) in [6.07, 6.45) is -0.936. The van der Waals surface area contributed by atoms with E-state index in [2.05, 4.69) is 21.6 Å². The first-order chi connectivity index (χ1) is 18.1. The van der Waals surface area contributed by atoms with Crippen molar-refractivity contribution >= 4 is 28.8 Å². The highest BCUT2D eigenvalue weighted by Crippen LogP contribution is 2.47. The summed E-state index contributed by atoms with van der Waals surface area (Å²) < 4.78 is 40.6. The first-order valence-corrected chi connectivity index (χ1v) is 13.1. The van der Waals surface area contributed by atoms with E-state index in [1.807, 2.05) is 24.3 Å². The van der Waals surface area contributed by atoms with Gasteiger partial charge in [-0.2, -0.15) is 13.2 Å². The Kier molecular flexibility index (Phi) is 6.84. The summed E-state index contributed by atoms with van der Waals surface area (Å²) in [6.45, 7) is 12.5. The molecule has 0 aromatic heterocycles. The van der Waals surface area contributed by atoms with E-state index in [-0.39, 0.29) is 28.8 Å². The molecule has 0 unspecified atom stereocenters. The predicted octanol–water partition coefficient (Wildman–Crippen LogP) is 5.95. The second-order valence-corrected chi connectivity index (χ2v) is 10.9. The number of ketones is 1. The largest absolute Gasteiger partial charge is 0.407 e. The Bertz CT molecular complexity index is 1250. The lowest BCUT2D eigenvalue weighted by Crippen LogP contribution is -2.41. The Morgan fingerprint density at radius 2 is 1.63 bits per heavy atom. The van der Waals surface area contributed by atoms with E-state index in [9.17, 15) is 22.8 Å². The normalized spacial score (nSPS) is 21.6. The van der Waals surface area contributed by atoms with Crippen molar-refractivity contribution < 1.29 is 22.8 Å². The molecule has 3 aliphatic heterocycles. The molecule has 3 heterocycles. The first-order valence-electron chi connectivity index (χ1n) is 13.1. The molecule has 6 nitrogen and oxygen atoms in total. The van der Waals surface area contributed by atoms with Crippen molar-refractivity contribution in [2.75, 3.05) is 42.5 Å². The van der Waals surface area contributed by atoms with Crippen molar-refractivity contribution in [1.29, 1.82) is 0 Å². The minimum atomic E-state index is -4.56. The Morgan fingerprint density at radius 3 is 2.24 bits per heavy atom. The number of Topliss-reactive ketones (excluding diaryl/α,β-unsaturated/α-hetero) is 1. The molecule has 3 aliphatic rings. The average molecular weight is 525 g/mol. The smallest absolute Gasteiger partial charge is 0.371 e. The third-order valence-electron chi connectivity index (χ3n) is 8.42. The zero-order valence-corrected chi connectivity index (χ0v) is 21.4. The van der Waals surface area contributed by atoms with Gasteiger partial charge in [0.25, 0.3) is 5.91 Å². The lowest BCUT2D eigenvalue weighted by atomic mass is 9.76. The van der Waals surface area contributed by atoms with Crippen LogP contribution >= 0.6 is 0 Å². The fourth-order valence-corrected chi connectivity index (χ4v) is 6.25. The van der Waals surface area contributed by atoms with Crippen LogP contribution in [-0.4, -0.2) is 55.4 Å². The zero-order valence-electron chi connectivity index (χ0n) is 21.4. The number of benzene rings is 2. The molecule has 0 bridgehead atoms. The van der Waals surface area contributed by atoms with Gasteiger partial charge in [0.05, 0.1) is 12.1 Å². The summed E-state index contributed by atoms with van der Waals surface area (Å²) in [5, 5.41) is 0. The number of amides is 1. The number of rotatable bonds is 3. The number of piperidine rings is 2. The predicted molar refractivity (Wildman–Crippen MR) is 140 cm³/mol. The number of likely N-dealkylation sites (tertiary alicyclic amines) is 1. The Balaban J connectivity index is 1.23. The molecule has 38 heavy (non-hydrogen) atoms. The lowest BCUT2D eigenvalue weighted by Gasteiger charge is -2.40. The topological polar surface area (TPSA) is 48.2 Å². The van der Waals surface area contributed by atoms with E-state index >= 15 is 0 Å². The molecule has 0 N–H and O–H groups in total. The molecule has 2 aromatic carbocycles. The molecule has 2 aromatic rings. The summed E-state index contributed by atoms with van der Waals surface area (Å²) in [7, 11) is 0. The van der Waals surface area contributed by atoms with Crippen LogP contribution in [0.2, 0.25) is 0 Å². The van der Waals surface area contributed by atoms with Crippen molar-refractivity contribution in [3.05, 3.63) is 65.0 Å². The summed E-state index contributed by atoms with van der Waals surface area (Å²) in [6, 6.07) is 11.8. The third kappa shape index (κ3) is 5.09. The molecule has 0 saturated carbocycles. The monoisotopic (exact) mass is 524 g/mol. The Labute approximate surface area is 220 Å². The number of hydrogen-bond donors (Lipinski definition) is 0. The van der Waals surface area contributed by atoms with Crippen LogP contribution in [0.15, 0.2) is 42.5 Å². The zero-order chi connectivity index (χ0) is 27.1. The first kappa shape index (κ1) is 26.1. The van der Waals surface area contributed by atoms with Crippen molar-refractivity contribution in [2.24, 2.45) is 5.41 Å². The summed E-state index contributed by atoms with van der Waals surface area (Å²) >= 11 is 0. The summed E-state index contributed by atoms with van der Waals surface area (Å²) in [5.74, 6) is 0.163. The summed E-state index contributed by atoms with van der Waals surface area (Å²) in [5.41, 5.74) is 0.999. The molecule has 5 rings (SSSR count). The van der Waals surface area contributed by atoms with Crippen LogP contribution in [0, 0.1) is 12.0 Å². The fourth-order valence-electron chi connectivity index (χ4n) is 6.25. The molecule has 1 amide bonds. The molecular formula is C29H31F3N4O2. The molecule has 1 atom stereocenters. The third-order valence-corrected chi connectivity index (χ3v) is 8.42. The van der Waals surface area contributed by atoms with Crippen molar-refractivity contribution in [1.82, 2.24) is 4.90 Å². The number of halogens is 3. The van der Waals surface area contributed by atoms with Gasteiger partial charge < -0.3 is 14.7 Å². The van der Waals surface area contributed by atoms with Crippen LogP contribution in [0.1, 0.15) is 54.9 Å². The van der Waals surface area contributed by atoms with Crippen molar-refractivity contribution in [2.45, 2.75) is 51.2 Å². The van der Waals surface area contributed by atoms with Crippen LogP contribution in [0.5, 0.6) is 0 Å². The van der Waals surface area contributed by atoms with Crippen LogP contribution < -0.4 is 9.80 Å². The summed E-state index contributed by atoms with van der Waals surface area (Å²) in [4.78, 5) is 33.4. The Hall–Kier alpha value is -3.54. The number of carbonyl (C=O) groups excluding carboxylic acids is 2. The fraction of sp³-hybridized carbons (Fsp3) is 0.483. The standard InChI is InChI=1S/C29H31F3N4O2/c1-20-18-28(19-36(20)23-7-8-26(33-2)25(17-23)29(30,31)32)11-15-34(16-12-28)22-5-3-21(4-6-22)27(38)35-13-9-24(37)10-14-35/h3-8,17,20H,9-16,18-19H2,1H3/t20-/m0/s1. The van der Waals surface area contributed by atoms with Gasteiger partial charge in [-0.05, 0) is 68.0 Å². The highest BCUT2D eigenvalue weighted by Gasteiger charge is 2.44. The second-order valence-electron chi connectivity index (χ2n) is 10.9. The van der Waals surface area contributed by atoms with Gasteiger partial charge in [0.2, 0.25) is 0 Å². The van der Waals surface area contributed by atoms with Crippen molar-refractivity contribution in [3.63, 3.8) is 0 Å². The molecular weight excluding hydrogens is 493 g/mol. The molecule has 1 spiro atoms. The SMILES string of the molecule is [C-]#[N+]c1ccc(N2CC3(CCN(c4ccc(C(=O)N5CCC(=O)CC5)cc4)CC3)C[C@@H]2C)cc1C(F)(F)F. The average Bonchev–Trinajstić information content (AvgIpc) is 3.23. The molecule has 0 radical (unpaired) electrons. The molecule has 3 saturated heterocycles. The van der Waals surface area contributed by atoms with Gasteiger partial charge in [-0.1, -0.05) is 6.07 Å². The van der Waals surface area contributed by atoms with Gasteiger partial charge >= 0.3 is 6.18 Å². The lowest BCUT2D eigenvalue weighted by molar-refractivity contribution is -0.136. The highest BCUT2D eigenvalue weighted by molar-refractivity contribution is 5.95. The van der Waals surface area contributed by atoms with E-state index in [4.69, 9.17) is 6.57 Å². The van der Waals surface area contributed by atoms with E-state index in [0.717, 1.165) is 44.1 Å². The molecule has 200 valence electrons. The minimum Gasteiger partial charge on any atom is -0.371 e. The van der Waals surface area contributed by atoms with E-state index in [1.165, 1.54) is 6.07 Å². The quantitative estimate of drug-likeness (QED) is 0.466. The minimum absolute atomic E-state index is 0.0361. The second kappa shape index (κ2) is 9.97. The van der Waals surface area contributed by atoms with Gasteiger partial charge in [0.1, 0.15) is 5.78 Å².